The first kappa shape index (κ1) is 23.6. The average molecular weight is 490 g/mol. The smallest absolute Gasteiger partial charge is 0.227 e. The number of para-hydroxylation sites is 3. The van der Waals surface area contributed by atoms with Crippen molar-refractivity contribution in [1.82, 2.24) is 4.98 Å². The lowest BCUT2D eigenvalue weighted by Gasteiger charge is -2.34. The molecule has 0 spiro atoms. The maximum absolute atomic E-state index is 6.51. The lowest BCUT2D eigenvalue weighted by Crippen LogP contribution is -2.37. The van der Waals surface area contributed by atoms with Gasteiger partial charge in [-0.2, -0.15) is 0 Å². The van der Waals surface area contributed by atoms with E-state index in [1.165, 1.54) is 33.8 Å². The molecule has 37 heavy (non-hydrogen) atoms. The highest BCUT2D eigenvalue weighted by molar-refractivity contribution is 6.10. The van der Waals surface area contributed by atoms with Gasteiger partial charge in [-0.15, -0.1) is 0 Å². The Morgan fingerprint density at radius 1 is 0.703 bits per heavy atom. The summed E-state index contributed by atoms with van der Waals surface area (Å²) in [5, 5.41) is 2.17. The molecule has 1 atom stereocenters. The highest BCUT2D eigenvalue weighted by Gasteiger charge is 2.39. The molecule has 3 heterocycles. The lowest BCUT2D eigenvalue weighted by atomic mass is 9.91. The minimum Gasteiger partial charge on any atom is -0.435 e. The number of pyridine rings is 1. The van der Waals surface area contributed by atoms with E-state index in [4.69, 9.17) is 9.40 Å². The van der Waals surface area contributed by atoms with E-state index in [1.54, 1.807) is 0 Å². The molecule has 0 saturated heterocycles. The number of anilines is 4. The van der Waals surface area contributed by atoms with Crippen LogP contribution < -0.4 is 9.80 Å². The fourth-order valence-electron chi connectivity index (χ4n) is 5.99. The van der Waals surface area contributed by atoms with Crippen molar-refractivity contribution in [3.05, 3.63) is 89.1 Å². The van der Waals surface area contributed by atoms with Gasteiger partial charge in [0, 0.05) is 16.5 Å². The van der Waals surface area contributed by atoms with Crippen LogP contribution in [0, 0.1) is 13.8 Å². The number of benzene rings is 3. The zero-order valence-corrected chi connectivity index (χ0v) is 22.8. The quantitative estimate of drug-likeness (QED) is 0.252. The summed E-state index contributed by atoms with van der Waals surface area (Å²) in [6, 6.07) is 24.2. The second-order valence-electron chi connectivity index (χ2n) is 11.0. The fraction of sp³-hybridized carbons (Fsp3) is 0.303. The number of hydrogen-bond acceptors (Lipinski definition) is 4. The Morgan fingerprint density at radius 3 is 1.92 bits per heavy atom. The van der Waals surface area contributed by atoms with E-state index in [2.05, 4.69) is 118 Å². The third-order valence-corrected chi connectivity index (χ3v) is 7.79. The van der Waals surface area contributed by atoms with Gasteiger partial charge in [-0.3, -0.25) is 0 Å². The lowest BCUT2D eigenvalue weighted by molar-refractivity contribution is 0.647. The molecule has 0 unspecified atom stereocenters. The second-order valence-corrected chi connectivity index (χ2v) is 11.0. The Hall–Kier alpha value is -3.79. The van der Waals surface area contributed by atoms with Gasteiger partial charge < -0.3 is 14.2 Å². The van der Waals surface area contributed by atoms with Crippen molar-refractivity contribution in [1.29, 1.82) is 0 Å². The van der Waals surface area contributed by atoms with Crippen LogP contribution in [0.25, 0.3) is 22.1 Å². The van der Waals surface area contributed by atoms with Crippen LogP contribution in [-0.2, 0) is 0 Å². The van der Waals surface area contributed by atoms with Crippen molar-refractivity contribution in [2.45, 2.75) is 66.5 Å². The highest BCUT2D eigenvalue weighted by atomic mass is 16.3. The zero-order valence-electron chi connectivity index (χ0n) is 22.8. The Bertz CT molecular complexity index is 1620. The van der Waals surface area contributed by atoms with E-state index < -0.39 is 0 Å². The molecule has 3 aromatic carbocycles. The minimum atomic E-state index is 0.0574. The second kappa shape index (κ2) is 8.65. The van der Waals surface area contributed by atoms with E-state index >= 15 is 0 Å². The number of furan rings is 1. The van der Waals surface area contributed by atoms with Gasteiger partial charge in [0.2, 0.25) is 5.71 Å². The van der Waals surface area contributed by atoms with Crippen LogP contribution in [0.5, 0.6) is 0 Å². The first-order valence-corrected chi connectivity index (χ1v) is 13.4. The van der Waals surface area contributed by atoms with E-state index in [0.29, 0.717) is 17.5 Å². The Labute approximate surface area is 219 Å². The van der Waals surface area contributed by atoms with E-state index in [-0.39, 0.29) is 6.17 Å². The molecule has 0 N–H and O–H groups in total. The van der Waals surface area contributed by atoms with Crippen LogP contribution >= 0.6 is 0 Å². The van der Waals surface area contributed by atoms with E-state index in [9.17, 15) is 0 Å². The largest absolute Gasteiger partial charge is 0.435 e. The Balaban J connectivity index is 1.63. The molecule has 6 rings (SSSR count). The van der Waals surface area contributed by atoms with E-state index in [0.717, 1.165) is 27.7 Å². The molecule has 5 aromatic rings. The highest BCUT2D eigenvalue weighted by Crippen LogP contribution is 2.53. The molecule has 0 aliphatic carbocycles. The number of rotatable bonds is 4. The van der Waals surface area contributed by atoms with Gasteiger partial charge in [0.15, 0.2) is 5.58 Å². The van der Waals surface area contributed by atoms with Crippen molar-refractivity contribution in [3.63, 3.8) is 0 Å². The Kier molecular flexibility index (Phi) is 5.52. The van der Waals surface area contributed by atoms with Gasteiger partial charge in [0.25, 0.3) is 0 Å². The van der Waals surface area contributed by atoms with E-state index in [1.807, 2.05) is 6.92 Å². The molecule has 4 nitrogen and oxygen atoms in total. The van der Waals surface area contributed by atoms with Crippen LogP contribution in [-0.4, -0.2) is 11.1 Å². The summed E-state index contributed by atoms with van der Waals surface area (Å²) in [7, 11) is 0. The zero-order chi connectivity index (χ0) is 26.0. The van der Waals surface area contributed by atoms with Gasteiger partial charge >= 0.3 is 0 Å². The van der Waals surface area contributed by atoms with Crippen molar-refractivity contribution in [3.8, 4) is 0 Å². The molecular formula is C33H35N3O. The summed E-state index contributed by atoms with van der Waals surface area (Å²) in [4.78, 5) is 9.71. The van der Waals surface area contributed by atoms with Crippen molar-refractivity contribution in [2.24, 2.45) is 0 Å². The molecule has 2 aromatic heterocycles. The maximum atomic E-state index is 6.51. The summed E-state index contributed by atoms with van der Waals surface area (Å²) in [5.74, 6) is 0.828. The molecule has 0 radical (unpaired) electrons. The summed E-state index contributed by atoms with van der Waals surface area (Å²) in [5.41, 5.74) is 11.4. The molecule has 4 heteroatoms. The van der Waals surface area contributed by atoms with Crippen LogP contribution in [0.3, 0.4) is 0 Å². The van der Waals surface area contributed by atoms with Crippen molar-refractivity contribution in [2.75, 3.05) is 9.80 Å². The molecule has 0 fully saturated rings. The van der Waals surface area contributed by atoms with Crippen molar-refractivity contribution < 1.29 is 4.42 Å². The molecule has 188 valence electrons. The standard InChI is InChI=1S/C33H35N3O/c1-19(2)24-11-10-12-25(20(3)4)31(24)36-23(7)35(28-13-8-9-14-29(28)36)30-21(5)15-17-26-27-18-16-22(6)34-33(27)37-32(26)30/h8-20,23H,1-7H3/t23-/m1/s1. The molecule has 0 saturated carbocycles. The first-order valence-electron chi connectivity index (χ1n) is 13.4. The molecule has 0 amide bonds. The van der Waals surface area contributed by atoms with Crippen LogP contribution in [0.4, 0.5) is 22.7 Å². The summed E-state index contributed by atoms with van der Waals surface area (Å²) < 4.78 is 6.51. The van der Waals surface area contributed by atoms with Gasteiger partial charge in [-0.1, -0.05) is 70.2 Å². The molecule has 0 bridgehead atoms. The average Bonchev–Trinajstić information content (AvgIpc) is 3.37. The van der Waals surface area contributed by atoms with Gasteiger partial charge in [-0.25, -0.2) is 4.98 Å². The van der Waals surface area contributed by atoms with Crippen molar-refractivity contribution >= 4 is 44.8 Å². The fourth-order valence-corrected chi connectivity index (χ4v) is 5.99. The number of fused-ring (bicyclic) bond motifs is 4. The predicted octanol–water partition coefficient (Wildman–Crippen LogP) is 9.48. The van der Waals surface area contributed by atoms with Gasteiger partial charge in [-0.05, 0) is 73.6 Å². The summed E-state index contributed by atoms with van der Waals surface area (Å²) >= 11 is 0. The number of hydrogen-bond donors (Lipinski definition) is 0. The van der Waals surface area contributed by atoms with Gasteiger partial charge in [0.05, 0.1) is 22.7 Å². The normalized spacial score (nSPS) is 15.5. The topological polar surface area (TPSA) is 32.5 Å². The minimum absolute atomic E-state index is 0.0574. The number of nitrogens with zero attached hydrogens (tertiary/aromatic N) is 3. The molecule has 1 aliphatic rings. The monoisotopic (exact) mass is 489 g/mol. The van der Waals surface area contributed by atoms with Crippen LogP contribution in [0.2, 0.25) is 0 Å². The molecular weight excluding hydrogens is 454 g/mol. The van der Waals surface area contributed by atoms with Gasteiger partial charge in [0.1, 0.15) is 6.17 Å². The third kappa shape index (κ3) is 3.53. The summed E-state index contributed by atoms with van der Waals surface area (Å²) in [6.45, 7) is 15.7. The van der Waals surface area contributed by atoms with Crippen LogP contribution in [0.1, 0.15) is 68.8 Å². The third-order valence-electron chi connectivity index (χ3n) is 7.79. The molecule has 1 aliphatic heterocycles. The number of aryl methyl sites for hydroxylation is 2. The summed E-state index contributed by atoms with van der Waals surface area (Å²) in [6.07, 6.45) is 0.0574. The first-order chi connectivity index (χ1) is 17.8. The predicted molar refractivity (Wildman–Crippen MR) is 156 cm³/mol. The maximum Gasteiger partial charge on any atom is 0.227 e. The number of aromatic nitrogens is 1. The Morgan fingerprint density at radius 2 is 1.30 bits per heavy atom. The SMILES string of the molecule is Cc1ccc2c(n1)oc1c(N3c4ccccc4N(c4c(C(C)C)cccc4C(C)C)[C@@H]3C)c(C)ccc12. The van der Waals surface area contributed by atoms with Crippen LogP contribution in [0.15, 0.2) is 71.1 Å².